The average Bonchev–Trinajstić information content (AvgIpc) is 2.83. The Balaban J connectivity index is 2.18. The number of aromatic amines is 1. The van der Waals surface area contributed by atoms with Crippen LogP contribution in [0.4, 0.5) is 0 Å². The topological polar surface area (TPSA) is 95.2 Å². The van der Waals surface area contributed by atoms with Gasteiger partial charge >= 0.3 is 0 Å². The molecule has 1 aliphatic rings. The number of piperazine rings is 1. The summed E-state index contributed by atoms with van der Waals surface area (Å²) in [7, 11) is 0. The van der Waals surface area contributed by atoms with Crippen molar-refractivity contribution >= 4 is 17.6 Å². The summed E-state index contributed by atoms with van der Waals surface area (Å²) >= 11 is 0. The number of hydrogen-bond donors (Lipinski definition) is 2. The molecule has 2 rings (SSSR count). The minimum Gasteiger partial charge on any atom is -0.348 e. The molecule has 2 heterocycles. The highest BCUT2D eigenvalue weighted by atomic mass is 16.2. The van der Waals surface area contributed by atoms with Crippen molar-refractivity contribution in [1.29, 1.82) is 0 Å². The maximum Gasteiger partial charge on any atom is 0.243 e. The van der Waals surface area contributed by atoms with E-state index in [4.69, 9.17) is 0 Å². The predicted molar refractivity (Wildman–Crippen MR) is 66.1 cm³/mol. The third-order valence-electron chi connectivity index (χ3n) is 3.24. The van der Waals surface area contributed by atoms with E-state index in [9.17, 15) is 14.4 Å². The van der Waals surface area contributed by atoms with Gasteiger partial charge in [0.05, 0.1) is 6.33 Å². The fraction of sp³-hybridized carbons (Fsp3) is 0.500. The maximum atomic E-state index is 12.1. The van der Waals surface area contributed by atoms with E-state index in [0.717, 1.165) is 5.69 Å². The van der Waals surface area contributed by atoms with Gasteiger partial charge in [0.25, 0.3) is 0 Å². The Morgan fingerprint density at radius 3 is 2.74 bits per heavy atom. The quantitative estimate of drug-likeness (QED) is 0.751. The fourth-order valence-corrected chi connectivity index (χ4v) is 2.16. The van der Waals surface area contributed by atoms with Crippen LogP contribution in [0, 0.1) is 0 Å². The highest BCUT2D eigenvalue weighted by Gasteiger charge is 2.37. The minimum absolute atomic E-state index is 0.153. The molecule has 0 saturated carbocycles. The Bertz CT molecular complexity index is 497. The van der Waals surface area contributed by atoms with Crippen molar-refractivity contribution in [2.45, 2.75) is 32.4 Å². The lowest BCUT2D eigenvalue weighted by Crippen LogP contribution is -2.63. The van der Waals surface area contributed by atoms with E-state index in [2.05, 4.69) is 15.3 Å². The van der Waals surface area contributed by atoms with Crippen LogP contribution in [0.2, 0.25) is 0 Å². The summed E-state index contributed by atoms with van der Waals surface area (Å²) in [6.45, 7) is 3.02. The molecule has 0 aromatic carbocycles. The Morgan fingerprint density at radius 1 is 1.47 bits per heavy atom. The Hall–Kier alpha value is -2.18. The van der Waals surface area contributed by atoms with E-state index in [1.54, 1.807) is 6.20 Å². The first-order valence-corrected chi connectivity index (χ1v) is 6.04. The number of carbonyl (C=O) groups excluding carboxylic acids is 3. The summed E-state index contributed by atoms with van der Waals surface area (Å²) in [6.07, 6.45) is 3.49. The maximum absolute atomic E-state index is 12.1. The number of amides is 2. The zero-order valence-corrected chi connectivity index (χ0v) is 10.8. The van der Waals surface area contributed by atoms with Crippen LogP contribution in [0.1, 0.15) is 19.5 Å². The van der Waals surface area contributed by atoms with Gasteiger partial charge in [0.2, 0.25) is 11.8 Å². The number of nitrogens with one attached hydrogen (secondary N) is 2. The number of hydrogen-bond acceptors (Lipinski definition) is 4. The molecule has 19 heavy (non-hydrogen) atoms. The summed E-state index contributed by atoms with van der Waals surface area (Å²) in [5, 5.41) is 2.65. The lowest BCUT2D eigenvalue weighted by molar-refractivity contribution is -0.145. The van der Waals surface area contributed by atoms with Crippen LogP contribution in [0.15, 0.2) is 12.5 Å². The molecule has 1 aliphatic heterocycles. The molecule has 0 spiro atoms. The molecule has 7 heteroatoms. The molecular formula is C12H16N4O3. The number of ketones is 1. The number of rotatable bonds is 3. The van der Waals surface area contributed by atoms with Gasteiger partial charge in [0.1, 0.15) is 12.1 Å². The van der Waals surface area contributed by atoms with Gasteiger partial charge in [-0.05, 0) is 6.92 Å². The molecule has 102 valence electrons. The molecule has 0 aliphatic carbocycles. The van der Waals surface area contributed by atoms with Gasteiger partial charge in [-0.15, -0.1) is 0 Å². The summed E-state index contributed by atoms with van der Waals surface area (Å²) < 4.78 is 0. The number of imidazole rings is 1. The second-order valence-electron chi connectivity index (χ2n) is 4.64. The second kappa shape index (κ2) is 5.21. The molecule has 2 unspecified atom stereocenters. The summed E-state index contributed by atoms with van der Waals surface area (Å²) in [5.74, 6) is -0.679. The van der Waals surface area contributed by atoms with Crippen LogP contribution >= 0.6 is 0 Å². The van der Waals surface area contributed by atoms with Crippen molar-refractivity contribution in [3.05, 3.63) is 18.2 Å². The number of aromatic nitrogens is 2. The Labute approximate surface area is 110 Å². The first kappa shape index (κ1) is 13.3. The molecule has 1 aromatic rings. The van der Waals surface area contributed by atoms with Crippen molar-refractivity contribution in [2.24, 2.45) is 0 Å². The van der Waals surface area contributed by atoms with Gasteiger partial charge in [-0.25, -0.2) is 4.98 Å². The predicted octanol–water partition coefficient (Wildman–Crippen LogP) is -0.743. The molecule has 1 aromatic heterocycles. The third kappa shape index (κ3) is 2.81. The Morgan fingerprint density at radius 2 is 2.21 bits per heavy atom. The zero-order chi connectivity index (χ0) is 14.0. The van der Waals surface area contributed by atoms with Gasteiger partial charge in [-0.3, -0.25) is 14.4 Å². The molecule has 1 fully saturated rings. The molecule has 2 atom stereocenters. The number of H-pyrrole nitrogens is 1. The van der Waals surface area contributed by atoms with E-state index in [1.165, 1.54) is 25.1 Å². The van der Waals surface area contributed by atoms with Crippen molar-refractivity contribution in [2.75, 3.05) is 6.54 Å². The molecule has 0 bridgehead atoms. The van der Waals surface area contributed by atoms with E-state index in [1.807, 2.05) is 0 Å². The van der Waals surface area contributed by atoms with E-state index in [0.29, 0.717) is 6.42 Å². The van der Waals surface area contributed by atoms with Crippen molar-refractivity contribution in [3.63, 3.8) is 0 Å². The van der Waals surface area contributed by atoms with E-state index in [-0.39, 0.29) is 24.1 Å². The lowest BCUT2D eigenvalue weighted by atomic mass is 10.0. The van der Waals surface area contributed by atoms with Crippen molar-refractivity contribution in [1.82, 2.24) is 20.2 Å². The van der Waals surface area contributed by atoms with Crippen LogP contribution in [0.25, 0.3) is 0 Å². The van der Waals surface area contributed by atoms with E-state index < -0.39 is 12.1 Å². The first-order valence-electron chi connectivity index (χ1n) is 6.04. The standard InChI is InChI=1S/C12H16N4O3/c1-7(17)10-5-16(8(2)18)11(12(19)15-10)3-9-4-13-6-14-9/h4,6,10-11H,3,5H2,1-2H3,(H,13,14)(H,15,19). The Kier molecular flexibility index (Phi) is 3.64. The molecule has 0 radical (unpaired) electrons. The molecular weight excluding hydrogens is 248 g/mol. The average molecular weight is 264 g/mol. The third-order valence-corrected chi connectivity index (χ3v) is 3.24. The molecule has 2 amide bonds. The zero-order valence-electron chi connectivity index (χ0n) is 10.8. The molecule has 2 N–H and O–H groups in total. The van der Waals surface area contributed by atoms with E-state index >= 15 is 0 Å². The smallest absolute Gasteiger partial charge is 0.243 e. The lowest BCUT2D eigenvalue weighted by Gasteiger charge is -2.37. The molecule has 1 saturated heterocycles. The van der Waals surface area contributed by atoms with Crippen molar-refractivity contribution < 1.29 is 14.4 Å². The normalized spacial score (nSPS) is 23.1. The first-order chi connectivity index (χ1) is 8.99. The van der Waals surface area contributed by atoms with Crippen molar-refractivity contribution in [3.8, 4) is 0 Å². The largest absolute Gasteiger partial charge is 0.348 e. The van der Waals surface area contributed by atoms with Crippen LogP contribution in [-0.2, 0) is 20.8 Å². The van der Waals surface area contributed by atoms with Gasteiger partial charge in [-0.2, -0.15) is 0 Å². The monoisotopic (exact) mass is 264 g/mol. The minimum atomic E-state index is -0.616. The SMILES string of the molecule is CC(=O)C1CN(C(C)=O)C(Cc2cnc[nH]2)C(=O)N1. The van der Waals surface area contributed by atoms with Crippen LogP contribution in [0.3, 0.4) is 0 Å². The number of nitrogens with zero attached hydrogens (tertiary/aromatic N) is 2. The van der Waals surface area contributed by atoms with Crippen LogP contribution in [-0.4, -0.2) is 51.1 Å². The van der Waals surface area contributed by atoms with Gasteiger partial charge in [0, 0.05) is 31.8 Å². The van der Waals surface area contributed by atoms with Crippen LogP contribution in [0.5, 0.6) is 0 Å². The highest BCUT2D eigenvalue weighted by molar-refractivity contribution is 5.94. The number of Topliss-reactive ketones (excluding diaryl/α,β-unsaturated/α-hetero) is 1. The van der Waals surface area contributed by atoms with Crippen LogP contribution < -0.4 is 5.32 Å². The second-order valence-corrected chi connectivity index (χ2v) is 4.64. The van der Waals surface area contributed by atoms with Gasteiger partial charge in [0.15, 0.2) is 5.78 Å². The van der Waals surface area contributed by atoms with Gasteiger partial charge in [-0.1, -0.05) is 0 Å². The highest BCUT2D eigenvalue weighted by Crippen LogP contribution is 2.13. The fourth-order valence-electron chi connectivity index (χ4n) is 2.16. The van der Waals surface area contributed by atoms with Gasteiger partial charge < -0.3 is 15.2 Å². The summed E-state index contributed by atoms with van der Waals surface area (Å²) in [5.41, 5.74) is 0.771. The number of carbonyl (C=O) groups is 3. The molecule has 7 nitrogen and oxygen atoms in total. The summed E-state index contributed by atoms with van der Waals surface area (Å²) in [4.78, 5) is 43.3. The summed E-state index contributed by atoms with van der Waals surface area (Å²) in [6, 6.07) is -1.22.